The molecule has 2 aromatic carbocycles. The van der Waals surface area contributed by atoms with Crippen LogP contribution >= 0.6 is 0 Å². The van der Waals surface area contributed by atoms with Gasteiger partial charge in [0.25, 0.3) is 5.91 Å². The van der Waals surface area contributed by atoms with Crippen LogP contribution in [-0.2, 0) is 11.3 Å². The van der Waals surface area contributed by atoms with Crippen molar-refractivity contribution >= 4 is 28.5 Å². The number of para-hydroxylation sites is 1. The Morgan fingerprint density at radius 3 is 2.30 bits per heavy atom. The number of nitrogens with one attached hydrogen (secondary N) is 1. The van der Waals surface area contributed by atoms with Crippen LogP contribution in [0.3, 0.4) is 0 Å². The van der Waals surface area contributed by atoms with E-state index in [0.717, 1.165) is 5.52 Å². The first-order valence-electron chi connectivity index (χ1n) is 9.23. The summed E-state index contributed by atoms with van der Waals surface area (Å²) in [6.07, 6.45) is 1.51. The van der Waals surface area contributed by atoms with Gasteiger partial charge in [-0.15, -0.1) is 0 Å². The molecule has 1 aromatic heterocycles. The third-order valence-electron chi connectivity index (χ3n) is 4.75. The number of amides is 1. The second-order valence-corrected chi connectivity index (χ2v) is 6.37. The lowest BCUT2D eigenvalue weighted by molar-refractivity contribution is 0.0601. The number of methoxy groups -OCH3 is 3. The summed E-state index contributed by atoms with van der Waals surface area (Å²) >= 11 is 0. The van der Waals surface area contributed by atoms with Gasteiger partial charge in [-0.3, -0.25) is 9.59 Å². The molecule has 1 heterocycles. The van der Waals surface area contributed by atoms with E-state index in [1.807, 2.05) is 23.6 Å². The first-order valence-corrected chi connectivity index (χ1v) is 9.23. The van der Waals surface area contributed by atoms with Crippen LogP contribution in [0.5, 0.6) is 11.5 Å². The third-order valence-corrected chi connectivity index (χ3v) is 4.75. The Balaban J connectivity index is 2.11. The van der Waals surface area contributed by atoms with Crippen molar-refractivity contribution in [3.8, 4) is 11.5 Å². The predicted molar refractivity (Wildman–Crippen MR) is 113 cm³/mol. The largest absolute Gasteiger partial charge is 0.493 e. The van der Waals surface area contributed by atoms with E-state index >= 15 is 0 Å². The maximum Gasteiger partial charge on any atom is 0.340 e. The van der Waals surface area contributed by atoms with Crippen molar-refractivity contribution in [2.45, 2.75) is 13.5 Å². The number of hydrogen-bond acceptors (Lipinski definition) is 6. The summed E-state index contributed by atoms with van der Waals surface area (Å²) in [5, 5.41) is 3.07. The SMILES string of the molecule is CCn1cc(C(=O)Nc2cc(OC)c(OC)cc2C(=O)OC)c(=O)c2ccccc21. The fraction of sp³-hybridized carbons (Fsp3) is 0.227. The molecule has 0 saturated heterocycles. The maximum absolute atomic E-state index is 13.0. The highest BCUT2D eigenvalue weighted by Crippen LogP contribution is 2.34. The Bertz CT molecular complexity index is 1180. The number of pyridine rings is 1. The van der Waals surface area contributed by atoms with E-state index in [9.17, 15) is 14.4 Å². The molecule has 0 aliphatic heterocycles. The summed E-state index contributed by atoms with van der Waals surface area (Å²) in [5.41, 5.74) is 0.511. The summed E-state index contributed by atoms with van der Waals surface area (Å²) < 4.78 is 17.1. The zero-order chi connectivity index (χ0) is 21.8. The van der Waals surface area contributed by atoms with E-state index in [1.54, 1.807) is 12.1 Å². The van der Waals surface area contributed by atoms with Crippen molar-refractivity contribution in [1.82, 2.24) is 4.57 Å². The molecule has 0 aliphatic carbocycles. The molecule has 0 bridgehead atoms. The van der Waals surface area contributed by atoms with E-state index in [1.165, 1.54) is 39.7 Å². The second-order valence-electron chi connectivity index (χ2n) is 6.37. The summed E-state index contributed by atoms with van der Waals surface area (Å²) in [6.45, 7) is 2.49. The average Bonchev–Trinajstić information content (AvgIpc) is 2.78. The highest BCUT2D eigenvalue weighted by molar-refractivity contribution is 6.09. The fourth-order valence-electron chi connectivity index (χ4n) is 3.22. The molecule has 0 spiro atoms. The van der Waals surface area contributed by atoms with Crippen molar-refractivity contribution in [3.05, 3.63) is 63.9 Å². The first-order chi connectivity index (χ1) is 14.4. The molecule has 3 rings (SSSR count). The summed E-state index contributed by atoms with van der Waals surface area (Å²) in [6, 6.07) is 9.94. The minimum atomic E-state index is -0.671. The molecule has 0 radical (unpaired) electrons. The molecule has 1 amide bonds. The highest BCUT2D eigenvalue weighted by Gasteiger charge is 2.21. The quantitative estimate of drug-likeness (QED) is 0.628. The Labute approximate surface area is 173 Å². The molecule has 0 aliphatic rings. The van der Waals surface area contributed by atoms with Crippen LogP contribution < -0.4 is 20.2 Å². The van der Waals surface area contributed by atoms with Gasteiger partial charge < -0.3 is 24.1 Å². The van der Waals surface area contributed by atoms with Crippen LogP contribution in [-0.4, -0.2) is 37.8 Å². The van der Waals surface area contributed by atoms with Crippen molar-refractivity contribution < 1.29 is 23.8 Å². The van der Waals surface area contributed by atoms with E-state index in [-0.39, 0.29) is 16.8 Å². The minimum absolute atomic E-state index is 0.0406. The highest BCUT2D eigenvalue weighted by atomic mass is 16.5. The molecule has 8 heteroatoms. The molecule has 1 N–H and O–H groups in total. The normalized spacial score (nSPS) is 10.5. The van der Waals surface area contributed by atoms with Gasteiger partial charge in [0.05, 0.1) is 38.1 Å². The number of carbonyl (C=O) groups excluding carboxylic acids is 2. The third kappa shape index (κ3) is 3.71. The Hall–Kier alpha value is -3.81. The van der Waals surface area contributed by atoms with E-state index < -0.39 is 17.3 Å². The maximum atomic E-state index is 13.0. The summed E-state index contributed by atoms with van der Waals surface area (Å²) in [4.78, 5) is 38.2. The number of rotatable bonds is 6. The number of aromatic nitrogens is 1. The zero-order valence-electron chi connectivity index (χ0n) is 17.1. The summed E-state index contributed by atoms with van der Waals surface area (Å²) in [7, 11) is 4.10. The number of carbonyl (C=O) groups is 2. The van der Waals surface area contributed by atoms with Crippen molar-refractivity contribution in [2.24, 2.45) is 0 Å². The van der Waals surface area contributed by atoms with Crippen molar-refractivity contribution in [3.63, 3.8) is 0 Å². The fourth-order valence-corrected chi connectivity index (χ4v) is 3.22. The lowest BCUT2D eigenvalue weighted by Gasteiger charge is -2.15. The molecule has 3 aromatic rings. The molecule has 0 saturated carbocycles. The molecule has 30 heavy (non-hydrogen) atoms. The number of nitrogens with zero attached hydrogens (tertiary/aromatic N) is 1. The predicted octanol–water partition coefficient (Wildman–Crippen LogP) is 3.08. The average molecular weight is 410 g/mol. The van der Waals surface area contributed by atoms with Crippen LogP contribution in [0.1, 0.15) is 27.6 Å². The molecule has 8 nitrogen and oxygen atoms in total. The van der Waals surface area contributed by atoms with Gasteiger partial charge >= 0.3 is 5.97 Å². The molecule has 0 atom stereocenters. The Morgan fingerprint density at radius 1 is 1.00 bits per heavy atom. The zero-order valence-corrected chi connectivity index (χ0v) is 17.1. The topological polar surface area (TPSA) is 95.9 Å². The van der Waals surface area contributed by atoms with E-state index in [0.29, 0.717) is 23.4 Å². The first kappa shape index (κ1) is 20.9. The van der Waals surface area contributed by atoms with Crippen molar-refractivity contribution in [1.29, 1.82) is 0 Å². The lowest BCUT2D eigenvalue weighted by atomic mass is 10.1. The van der Waals surface area contributed by atoms with E-state index in [2.05, 4.69) is 5.32 Å². The van der Waals surface area contributed by atoms with E-state index in [4.69, 9.17) is 14.2 Å². The van der Waals surface area contributed by atoms with Gasteiger partial charge in [-0.25, -0.2) is 4.79 Å². The molecular formula is C22H22N2O6. The van der Waals surface area contributed by atoms with Crippen LogP contribution in [0.4, 0.5) is 5.69 Å². The van der Waals surface area contributed by atoms with Crippen LogP contribution in [0.15, 0.2) is 47.4 Å². The Kier molecular flexibility index (Phi) is 6.06. The number of hydrogen-bond donors (Lipinski definition) is 1. The number of aryl methyl sites for hydroxylation is 1. The molecule has 0 fully saturated rings. The monoisotopic (exact) mass is 410 g/mol. The van der Waals surface area contributed by atoms with Gasteiger partial charge in [0.15, 0.2) is 11.5 Å². The van der Waals surface area contributed by atoms with Crippen LogP contribution in [0, 0.1) is 0 Å². The van der Waals surface area contributed by atoms with Crippen molar-refractivity contribution in [2.75, 3.05) is 26.6 Å². The standard InChI is InChI=1S/C22H22N2O6/c1-5-24-12-15(20(25)13-8-6-7-9-17(13)24)21(26)23-16-11-19(29-3)18(28-2)10-14(16)22(27)30-4/h6-12H,5H2,1-4H3,(H,23,26). The Morgan fingerprint density at radius 2 is 1.67 bits per heavy atom. The number of ether oxygens (including phenoxy) is 3. The van der Waals surface area contributed by atoms with Gasteiger partial charge in [0, 0.05) is 30.3 Å². The van der Waals surface area contributed by atoms with Crippen LogP contribution in [0.25, 0.3) is 10.9 Å². The number of fused-ring (bicyclic) bond motifs is 1. The molecule has 0 unspecified atom stereocenters. The van der Waals surface area contributed by atoms with Gasteiger partial charge in [-0.2, -0.15) is 0 Å². The van der Waals surface area contributed by atoms with Gasteiger partial charge in [-0.1, -0.05) is 12.1 Å². The lowest BCUT2D eigenvalue weighted by Crippen LogP contribution is -2.24. The molecule has 156 valence electrons. The number of esters is 1. The second kappa shape index (κ2) is 8.69. The van der Waals surface area contributed by atoms with Gasteiger partial charge in [0.2, 0.25) is 5.43 Å². The molecular weight excluding hydrogens is 388 g/mol. The van der Waals surface area contributed by atoms with Crippen LogP contribution in [0.2, 0.25) is 0 Å². The number of benzene rings is 2. The van der Waals surface area contributed by atoms with Gasteiger partial charge in [-0.05, 0) is 19.1 Å². The smallest absolute Gasteiger partial charge is 0.340 e. The van der Waals surface area contributed by atoms with Gasteiger partial charge in [0.1, 0.15) is 5.56 Å². The number of anilines is 1. The summed E-state index contributed by atoms with van der Waals surface area (Å²) in [5.74, 6) is -0.707. The minimum Gasteiger partial charge on any atom is -0.493 e.